The number of hydrogen-bond donors (Lipinski definition) is 3. The molecular weight excluding hydrogens is 280 g/mol. The van der Waals surface area contributed by atoms with Gasteiger partial charge in [0.05, 0.1) is 12.1 Å². The van der Waals surface area contributed by atoms with Crippen molar-refractivity contribution in [3.05, 3.63) is 29.8 Å². The van der Waals surface area contributed by atoms with Crippen LogP contribution in [0.25, 0.3) is 0 Å². The Kier molecular flexibility index (Phi) is 5.71. The van der Waals surface area contributed by atoms with E-state index in [1.54, 1.807) is 0 Å². The van der Waals surface area contributed by atoms with Gasteiger partial charge in [0.15, 0.2) is 6.10 Å². The third-order valence-corrected chi connectivity index (χ3v) is 2.88. The zero-order chi connectivity index (χ0) is 14.4. The molecule has 5 nitrogen and oxygen atoms in total. The van der Waals surface area contributed by atoms with Gasteiger partial charge in [-0.25, -0.2) is 4.79 Å². The van der Waals surface area contributed by atoms with Crippen LogP contribution in [0.4, 0.5) is 8.78 Å². The summed E-state index contributed by atoms with van der Waals surface area (Å²) in [6.07, 6.45) is -1.74. The van der Waals surface area contributed by atoms with E-state index < -0.39 is 30.3 Å². The summed E-state index contributed by atoms with van der Waals surface area (Å²) in [5.41, 5.74) is 0.00499. The van der Waals surface area contributed by atoms with Gasteiger partial charge < -0.3 is 15.5 Å². The van der Waals surface area contributed by atoms with Crippen LogP contribution in [0.1, 0.15) is 10.4 Å². The number of halogens is 2. The van der Waals surface area contributed by atoms with E-state index in [2.05, 4.69) is 5.32 Å². The average Bonchev–Trinajstić information content (AvgIpc) is 2.35. The van der Waals surface area contributed by atoms with Gasteiger partial charge in [-0.3, -0.25) is 4.79 Å². The van der Waals surface area contributed by atoms with Gasteiger partial charge in [0.2, 0.25) is 0 Å². The molecule has 0 radical (unpaired) electrons. The third kappa shape index (κ3) is 4.84. The highest BCUT2D eigenvalue weighted by molar-refractivity contribution is 7.99. The fourth-order valence-corrected chi connectivity index (χ4v) is 1.86. The van der Waals surface area contributed by atoms with Gasteiger partial charge in [-0.1, -0.05) is 23.9 Å². The number of carbonyl (C=O) groups excluding carboxylic acids is 1. The van der Waals surface area contributed by atoms with Crippen molar-refractivity contribution in [1.29, 1.82) is 0 Å². The highest BCUT2D eigenvalue weighted by atomic mass is 32.2. The fraction of sp³-hybridized carbons (Fsp3) is 0.273. The van der Waals surface area contributed by atoms with Crippen molar-refractivity contribution in [2.24, 2.45) is 0 Å². The summed E-state index contributed by atoms with van der Waals surface area (Å²) in [6.45, 7) is -0.498. The predicted molar refractivity (Wildman–Crippen MR) is 64.3 cm³/mol. The Labute approximate surface area is 111 Å². The number of aliphatic hydroxyl groups is 1. The molecule has 8 heteroatoms. The number of thioether (sulfide) groups is 1. The molecule has 0 heterocycles. The largest absolute Gasteiger partial charge is 0.479 e. The third-order valence-electron chi connectivity index (χ3n) is 2.09. The minimum Gasteiger partial charge on any atom is -0.479 e. The minimum atomic E-state index is -2.67. The van der Waals surface area contributed by atoms with Crippen LogP contribution in [0.5, 0.6) is 0 Å². The SMILES string of the molecule is O=C(NCC(O)C(=O)O)c1ccccc1SC(F)F. The van der Waals surface area contributed by atoms with Crippen molar-refractivity contribution in [1.82, 2.24) is 5.32 Å². The second-order valence-electron chi connectivity index (χ2n) is 3.44. The molecule has 0 saturated heterocycles. The van der Waals surface area contributed by atoms with Gasteiger partial charge in [-0.05, 0) is 12.1 Å². The molecule has 0 aromatic heterocycles. The van der Waals surface area contributed by atoms with Gasteiger partial charge in [-0.15, -0.1) is 0 Å². The molecule has 0 aliphatic heterocycles. The fourth-order valence-electron chi connectivity index (χ4n) is 1.22. The van der Waals surface area contributed by atoms with Crippen LogP contribution in [-0.4, -0.2) is 40.5 Å². The first-order chi connectivity index (χ1) is 8.91. The monoisotopic (exact) mass is 291 g/mol. The van der Waals surface area contributed by atoms with Gasteiger partial charge >= 0.3 is 5.97 Å². The summed E-state index contributed by atoms with van der Waals surface area (Å²) in [5, 5.41) is 19.6. The summed E-state index contributed by atoms with van der Waals surface area (Å²) >= 11 is 0.221. The first kappa shape index (κ1) is 15.4. The molecule has 0 aliphatic rings. The van der Waals surface area contributed by atoms with Gasteiger partial charge in [0.1, 0.15) is 0 Å². The van der Waals surface area contributed by atoms with Gasteiger partial charge in [-0.2, -0.15) is 8.78 Å². The number of aliphatic hydroxyl groups excluding tert-OH is 1. The molecule has 1 aromatic rings. The standard InChI is InChI=1S/C11H11F2NO4S/c12-11(13)19-8-4-2-1-3-6(8)9(16)14-5-7(15)10(17)18/h1-4,7,11,15H,5H2,(H,14,16)(H,17,18). The van der Waals surface area contributed by atoms with Crippen LogP contribution < -0.4 is 5.32 Å². The van der Waals surface area contributed by atoms with E-state index in [0.29, 0.717) is 0 Å². The Bertz CT molecular complexity index is 470. The van der Waals surface area contributed by atoms with Gasteiger partial charge in [0, 0.05) is 4.90 Å². The van der Waals surface area contributed by atoms with Crippen LogP contribution in [0.2, 0.25) is 0 Å². The molecule has 19 heavy (non-hydrogen) atoms. The summed E-state index contributed by atoms with van der Waals surface area (Å²) in [7, 11) is 0. The van der Waals surface area contributed by atoms with Crippen LogP contribution in [0.15, 0.2) is 29.2 Å². The van der Waals surface area contributed by atoms with Crippen LogP contribution in [0.3, 0.4) is 0 Å². The maximum atomic E-state index is 12.3. The maximum Gasteiger partial charge on any atom is 0.334 e. The van der Waals surface area contributed by atoms with E-state index in [-0.39, 0.29) is 22.2 Å². The van der Waals surface area contributed by atoms with Crippen molar-refractivity contribution in [3.63, 3.8) is 0 Å². The summed E-state index contributed by atoms with van der Waals surface area (Å²) in [4.78, 5) is 22.1. The number of carbonyl (C=O) groups is 2. The van der Waals surface area contributed by atoms with E-state index in [1.165, 1.54) is 24.3 Å². The predicted octanol–water partition coefficient (Wildman–Crippen LogP) is 1.18. The molecule has 0 saturated carbocycles. The van der Waals surface area contributed by atoms with Crippen molar-refractivity contribution in [2.45, 2.75) is 16.8 Å². The Hall–Kier alpha value is -1.67. The van der Waals surface area contributed by atoms with E-state index in [1.807, 2.05) is 0 Å². The number of amides is 1. The van der Waals surface area contributed by atoms with Gasteiger partial charge in [0.25, 0.3) is 11.7 Å². The van der Waals surface area contributed by atoms with Crippen LogP contribution >= 0.6 is 11.8 Å². The first-order valence-corrected chi connectivity index (χ1v) is 6.02. The summed E-state index contributed by atoms with van der Waals surface area (Å²) < 4.78 is 24.6. The average molecular weight is 291 g/mol. The molecule has 1 aromatic carbocycles. The van der Waals surface area contributed by atoms with E-state index in [4.69, 9.17) is 10.2 Å². The molecule has 0 spiro atoms. The molecule has 3 N–H and O–H groups in total. The number of benzene rings is 1. The quantitative estimate of drug-likeness (QED) is 0.685. The lowest BCUT2D eigenvalue weighted by atomic mass is 10.2. The number of alkyl halides is 2. The van der Waals surface area contributed by atoms with Crippen molar-refractivity contribution in [2.75, 3.05) is 6.54 Å². The van der Waals surface area contributed by atoms with Crippen molar-refractivity contribution in [3.8, 4) is 0 Å². The molecule has 1 amide bonds. The second-order valence-corrected chi connectivity index (χ2v) is 4.47. The number of hydrogen-bond acceptors (Lipinski definition) is 4. The lowest BCUT2D eigenvalue weighted by Crippen LogP contribution is -2.36. The zero-order valence-corrected chi connectivity index (χ0v) is 10.4. The topological polar surface area (TPSA) is 86.6 Å². The molecular formula is C11H11F2NO4S. The molecule has 104 valence electrons. The second kappa shape index (κ2) is 7.05. The number of nitrogens with one attached hydrogen (secondary N) is 1. The molecule has 0 bridgehead atoms. The lowest BCUT2D eigenvalue weighted by molar-refractivity contribution is -0.146. The Morgan fingerprint density at radius 2 is 1.95 bits per heavy atom. The summed E-state index contributed by atoms with van der Waals surface area (Å²) in [6, 6.07) is 5.71. The number of carboxylic acid groups (broad SMARTS) is 1. The smallest absolute Gasteiger partial charge is 0.334 e. The Morgan fingerprint density at radius 1 is 1.32 bits per heavy atom. The Morgan fingerprint density at radius 3 is 2.53 bits per heavy atom. The molecule has 0 aliphatic carbocycles. The normalized spacial score (nSPS) is 12.2. The van der Waals surface area contributed by atoms with E-state index in [9.17, 15) is 18.4 Å². The number of carboxylic acids is 1. The minimum absolute atomic E-state index is 0.00499. The number of aliphatic carboxylic acids is 1. The Balaban J connectivity index is 2.74. The summed E-state index contributed by atoms with van der Waals surface area (Å²) in [5.74, 6) is -4.86. The highest BCUT2D eigenvalue weighted by Gasteiger charge is 2.18. The van der Waals surface area contributed by atoms with E-state index in [0.717, 1.165) is 0 Å². The molecule has 1 atom stereocenters. The first-order valence-electron chi connectivity index (χ1n) is 5.14. The van der Waals surface area contributed by atoms with Crippen LogP contribution in [-0.2, 0) is 4.79 Å². The van der Waals surface area contributed by atoms with Crippen LogP contribution in [0, 0.1) is 0 Å². The van der Waals surface area contributed by atoms with Crippen molar-refractivity contribution < 1.29 is 28.6 Å². The van der Waals surface area contributed by atoms with Crippen molar-refractivity contribution >= 4 is 23.6 Å². The van der Waals surface area contributed by atoms with E-state index >= 15 is 0 Å². The maximum absolute atomic E-state index is 12.3. The molecule has 1 unspecified atom stereocenters. The highest BCUT2D eigenvalue weighted by Crippen LogP contribution is 2.28. The molecule has 1 rings (SSSR count). The molecule has 0 fully saturated rings. The lowest BCUT2D eigenvalue weighted by Gasteiger charge is -2.10. The number of rotatable bonds is 6. The zero-order valence-electron chi connectivity index (χ0n) is 9.55.